The summed E-state index contributed by atoms with van der Waals surface area (Å²) in [6.07, 6.45) is 5.16. The van der Waals surface area contributed by atoms with Crippen LogP contribution in [0.5, 0.6) is 0 Å². The van der Waals surface area contributed by atoms with Crippen molar-refractivity contribution in [1.29, 1.82) is 0 Å². The topological polar surface area (TPSA) is 12.5 Å². The molecule has 90 valence electrons. The molecule has 1 fully saturated rings. The van der Waals surface area contributed by atoms with Crippen LogP contribution >= 0.6 is 0 Å². The Morgan fingerprint density at radius 1 is 1.27 bits per heavy atom. The first kappa shape index (κ1) is 13.0. The summed E-state index contributed by atoms with van der Waals surface area (Å²) in [5, 5.41) is 0. The number of hydrogen-bond donors (Lipinski definition) is 0. The molecule has 1 aliphatic rings. The molecule has 1 rings (SSSR count). The fraction of sp³-hybridized carbons (Fsp3) is 1.00. The first-order valence-electron chi connectivity index (χ1n) is 6.38. The van der Waals surface area contributed by atoms with Gasteiger partial charge in [-0.15, -0.1) is 0 Å². The molecule has 15 heavy (non-hydrogen) atoms. The van der Waals surface area contributed by atoms with Gasteiger partial charge in [-0.05, 0) is 52.1 Å². The van der Waals surface area contributed by atoms with E-state index in [0.717, 1.165) is 13.2 Å². The van der Waals surface area contributed by atoms with Crippen LogP contribution in [-0.4, -0.2) is 37.7 Å². The smallest absolute Gasteiger partial charge is 0.0471 e. The second-order valence-electron chi connectivity index (χ2n) is 5.29. The van der Waals surface area contributed by atoms with Crippen molar-refractivity contribution in [2.24, 2.45) is 5.41 Å². The van der Waals surface area contributed by atoms with Crippen LogP contribution in [0.25, 0.3) is 0 Å². The summed E-state index contributed by atoms with van der Waals surface area (Å²) in [6.45, 7) is 10.0. The maximum atomic E-state index is 5.47. The van der Waals surface area contributed by atoms with Gasteiger partial charge >= 0.3 is 0 Å². The van der Waals surface area contributed by atoms with E-state index in [1.54, 1.807) is 0 Å². The highest BCUT2D eigenvalue weighted by atomic mass is 16.5. The van der Waals surface area contributed by atoms with Crippen LogP contribution in [0, 0.1) is 5.41 Å². The van der Waals surface area contributed by atoms with Crippen molar-refractivity contribution >= 4 is 0 Å². The van der Waals surface area contributed by atoms with E-state index >= 15 is 0 Å². The molecule has 1 aliphatic heterocycles. The molecule has 0 aromatic rings. The van der Waals surface area contributed by atoms with E-state index in [2.05, 4.69) is 32.7 Å². The first-order chi connectivity index (χ1) is 7.09. The van der Waals surface area contributed by atoms with E-state index in [0.29, 0.717) is 11.5 Å². The lowest BCUT2D eigenvalue weighted by Crippen LogP contribution is -2.35. The van der Waals surface area contributed by atoms with Gasteiger partial charge in [-0.2, -0.15) is 0 Å². The Morgan fingerprint density at radius 2 is 1.87 bits per heavy atom. The monoisotopic (exact) mass is 213 g/mol. The molecule has 0 unspecified atom stereocenters. The molecule has 0 aliphatic carbocycles. The third-order valence-corrected chi connectivity index (χ3v) is 4.18. The first-order valence-corrected chi connectivity index (χ1v) is 6.38. The zero-order valence-corrected chi connectivity index (χ0v) is 10.9. The van der Waals surface area contributed by atoms with E-state index in [1.807, 2.05) is 0 Å². The maximum Gasteiger partial charge on any atom is 0.0471 e. The average molecular weight is 213 g/mol. The molecule has 0 atom stereocenters. The standard InChI is InChI=1S/C13H27NO/c1-5-13(7-10-15-11-8-13)6-9-14(4)12(2)3/h12H,5-11H2,1-4H3. The number of ether oxygens (including phenoxy) is 1. The second-order valence-corrected chi connectivity index (χ2v) is 5.29. The van der Waals surface area contributed by atoms with Crippen molar-refractivity contribution in [2.45, 2.75) is 52.5 Å². The van der Waals surface area contributed by atoms with Gasteiger partial charge in [0.05, 0.1) is 0 Å². The predicted octanol–water partition coefficient (Wildman–Crippen LogP) is 2.92. The molecule has 0 aromatic carbocycles. The van der Waals surface area contributed by atoms with Gasteiger partial charge in [-0.25, -0.2) is 0 Å². The normalized spacial score (nSPS) is 21.2. The third-order valence-electron chi connectivity index (χ3n) is 4.18. The molecule has 1 heterocycles. The summed E-state index contributed by atoms with van der Waals surface area (Å²) in [5.41, 5.74) is 0.571. The second kappa shape index (κ2) is 5.86. The predicted molar refractivity (Wildman–Crippen MR) is 65.2 cm³/mol. The SMILES string of the molecule is CCC1(CCN(C)C(C)C)CCOCC1. The van der Waals surface area contributed by atoms with Gasteiger partial charge in [-0.1, -0.05) is 13.3 Å². The Bertz CT molecular complexity index is 173. The number of hydrogen-bond acceptors (Lipinski definition) is 2. The van der Waals surface area contributed by atoms with Crippen molar-refractivity contribution in [3.63, 3.8) is 0 Å². The summed E-state index contributed by atoms with van der Waals surface area (Å²) in [6, 6.07) is 0.666. The summed E-state index contributed by atoms with van der Waals surface area (Å²) >= 11 is 0. The molecule has 2 heteroatoms. The molecular formula is C13H27NO. The highest BCUT2D eigenvalue weighted by Gasteiger charge is 2.30. The Labute approximate surface area is 95.0 Å². The van der Waals surface area contributed by atoms with Gasteiger partial charge in [0.2, 0.25) is 0 Å². The van der Waals surface area contributed by atoms with Crippen LogP contribution in [0.4, 0.5) is 0 Å². The highest BCUT2D eigenvalue weighted by molar-refractivity contribution is 4.81. The van der Waals surface area contributed by atoms with Gasteiger partial charge in [0, 0.05) is 19.3 Å². The molecule has 0 spiro atoms. The fourth-order valence-corrected chi connectivity index (χ4v) is 2.26. The van der Waals surface area contributed by atoms with Crippen molar-refractivity contribution in [2.75, 3.05) is 26.8 Å². The van der Waals surface area contributed by atoms with Crippen molar-refractivity contribution in [3.05, 3.63) is 0 Å². The number of rotatable bonds is 5. The summed E-state index contributed by atoms with van der Waals surface area (Å²) in [4.78, 5) is 2.45. The van der Waals surface area contributed by atoms with Crippen LogP contribution in [0.2, 0.25) is 0 Å². The van der Waals surface area contributed by atoms with Crippen LogP contribution < -0.4 is 0 Å². The van der Waals surface area contributed by atoms with Crippen molar-refractivity contribution in [1.82, 2.24) is 4.90 Å². The molecule has 0 bridgehead atoms. The molecule has 0 N–H and O–H groups in total. The van der Waals surface area contributed by atoms with Crippen LogP contribution in [-0.2, 0) is 4.74 Å². The number of nitrogens with zero attached hydrogens (tertiary/aromatic N) is 1. The fourth-order valence-electron chi connectivity index (χ4n) is 2.26. The van der Waals surface area contributed by atoms with Crippen LogP contribution in [0.1, 0.15) is 46.5 Å². The van der Waals surface area contributed by atoms with E-state index in [4.69, 9.17) is 4.74 Å². The average Bonchev–Trinajstić information content (AvgIpc) is 2.27. The highest BCUT2D eigenvalue weighted by Crippen LogP contribution is 2.37. The minimum absolute atomic E-state index is 0.571. The maximum absolute atomic E-state index is 5.47. The Hall–Kier alpha value is -0.0800. The van der Waals surface area contributed by atoms with Gasteiger partial charge in [-0.3, -0.25) is 0 Å². The van der Waals surface area contributed by atoms with Gasteiger partial charge < -0.3 is 9.64 Å². The summed E-state index contributed by atoms with van der Waals surface area (Å²) in [7, 11) is 2.23. The molecule has 0 aromatic heterocycles. The van der Waals surface area contributed by atoms with E-state index < -0.39 is 0 Å². The summed E-state index contributed by atoms with van der Waals surface area (Å²) in [5.74, 6) is 0. The molecular weight excluding hydrogens is 186 g/mol. The minimum atomic E-state index is 0.571. The quantitative estimate of drug-likeness (QED) is 0.696. The molecule has 2 nitrogen and oxygen atoms in total. The molecule has 0 saturated carbocycles. The molecule has 0 radical (unpaired) electrons. The van der Waals surface area contributed by atoms with E-state index in [9.17, 15) is 0 Å². The zero-order chi connectivity index (χ0) is 11.3. The Kier molecular flexibility index (Phi) is 5.07. The Balaban J connectivity index is 2.38. The third kappa shape index (κ3) is 3.76. The van der Waals surface area contributed by atoms with E-state index in [1.165, 1.54) is 32.2 Å². The van der Waals surface area contributed by atoms with Crippen molar-refractivity contribution < 1.29 is 4.74 Å². The molecule has 1 saturated heterocycles. The van der Waals surface area contributed by atoms with Gasteiger partial charge in [0.25, 0.3) is 0 Å². The van der Waals surface area contributed by atoms with Crippen LogP contribution in [0.15, 0.2) is 0 Å². The van der Waals surface area contributed by atoms with E-state index in [-0.39, 0.29) is 0 Å². The lowest BCUT2D eigenvalue weighted by Gasteiger charge is -2.38. The lowest BCUT2D eigenvalue weighted by atomic mass is 9.75. The van der Waals surface area contributed by atoms with Crippen molar-refractivity contribution in [3.8, 4) is 0 Å². The zero-order valence-electron chi connectivity index (χ0n) is 10.9. The largest absolute Gasteiger partial charge is 0.381 e. The minimum Gasteiger partial charge on any atom is -0.381 e. The lowest BCUT2D eigenvalue weighted by molar-refractivity contribution is 0.00306. The van der Waals surface area contributed by atoms with Crippen LogP contribution in [0.3, 0.4) is 0 Å². The Morgan fingerprint density at radius 3 is 2.33 bits per heavy atom. The summed E-state index contributed by atoms with van der Waals surface area (Å²) < 4.78 is 5.47. The molecule has 0 amide bonds. The van der Waals surface area contributed by atoms with Gasteiger partial charge in [0.15, 0.2) is 0 Å². The van der Waals surface area contributed by atoms with Gasteiger partial charge in [0.1, 0.15) is 0 Å².